The third-order valence-electron chi connectivity index (χ3n) is 10.8. The van der Waals surface area contributed by atoms with Gasteiger partial charge in [-0.25, -0.2) is 27.3 Å². The molecule has 2 atom stereocenters. The van der Waals surface area contributed by atoms with E-state index in [1.54, 1.807) is 17.0 Å². The van der Waals surface area contributed by atoms with Crippen LogP contribution in [0, 0.1) is 18.6 Å². The van der Waals surface area contributed by atoms with Crippen molar-refractivity contribution in [3.63, 3.8) is 0 Å². The second-order valence-electron chi connectivity index (χ2n) is 13.3. The van der Waals surface area contributed by atoms with Gasteiger partial charge in [-0.05, 0) is 112 Å². The van der Waals surface area contributed by atoms with Gasteiger partial charge in [-0.3, -0.25) is 9.69 Å². The first-order chi connectivity index (χ1) is 22.0. The van der Waals surface area contributed by atoms with E-state index in [0.29, 0.717) is 44.1 Å². The van der Waals surface area contributed by atoms with Crippen molar-refractivity contribution in [3.05, 3.63) is 95.3 Å². The van der Waals surface area contributed by atoms with Crippen LogP contribution in [0.3, 0.4) is 0 Å². The van der Waals surface area contributed by atoms with Crippen molar-refractivity contribution in [2.45, 2.75) is 80.3 Å². The number of halogens is 2. The summed E-state index contributed by atoms with van der Waals surface area (Å²) in [6.07, 6.45) is 6.44. The van der Waals surface area contributed by atoms with Crippen molar-refractivity contribution in [3.8, 4) is 0 Å². The van der Waals surface area contributed by atoms with Crippen LogP contribution in [0.25, 0.3) is 11.0 Å². The van der Waals surface area contributed by atoms with Crippen LogP contribution in [0.1, 0.15) is 72.7 Å². The fourth-order valence-corrected chi connectivity index (χ4v) is 8.98. The molecule has 3 aliphatic rings. The molecule has 0 aliphatic carbocycles. The van der Waals surface area contributed by atoms with Crippen LogP contribution in [0.2, 0.25) is 0 Å². The zero-order valence-electron chi connectivity index (χ0n) is 25.9. The van der Waals surface area contributed by atoms with Crippen molar-refractivity contribution in [2.75, 3.05) is 19.6 Å². The Hall–Kier alpha value is -3.67. The first kappa shape index (κ1) is 31.0. The van der Waals surface area contributed by atoms with Crippen molar-refractivity contribution in [1.29, 1.82) is 0 Å². The van der Waals surface area contributed by atoms with Gasteiger partial charge < -0.3 is 9.47 Å². The van der Waals surface area contributed by atoms with Gasteiger partial charge in [0.05, 0.1) is 21.5 Å². The molecule has 46 heavy (non-hydrogen) atoms. The molecule has 3 fully saturated rings. The lowest BCUT2D eigenvalue weighted by Crippen LogP contribution is -2.49. The van der Waals surface area contributed by atoms with E-state index in [0.717, 1.165) is 73.8 Å². The summed E-state index contributed by atoms with van der Waals surface area (Å²) in [7, 11) is -4.10. The second kappa shape index (κ2) is 11.8. The molecule has 4 aromatic rings. The third kappa shape index (κ3) is 5.62. The number of para-hydroxylation sites is 2. The first-order valence-corrected chi connectivity index (χ1v) is 17.6. The minimum atomic E-state index is -4.10. The number of nitrogens with two attached hydrogens (primary N) is 1. The average Bonchev–Trinajstić information content (AvgIpc) is 3.49. The molecule has 4 heterocycles. The maximum Gasteiger partial charge on any atom is 0.256 e. The Morgan fingerprint density at radius 1 is 0.957 bits per heavy atom. The van der Waals surface area contributed by atoms with Crippen LogP contribution in [0.15, 0.2) is 71.6 Å². The first-order valence-electron chi connectivity index (χ1n) is 16.1. The number of hydrogen-bond donors (Lipinski definition) is 1. The fourth-order valence-electron chi connectivity index (χ4n) is 8.45. The number of likely N-dealkylation sites (tertiary alicyclic amines) is 1. The number of benzene rings is 3. The number of fused-ring (bicyclic) bond motifs is 3. The molecule has 3 aromatic carbocycles. The molecule has 242 valence electrons. The summed E-state index contributed by atoms with van der Waals surface area (Å²) in [5.74, 6) is -0.599. The number of aryl methyl sites for hydroxylation is 1. The highest BCUT2D eigenvalue weighted by Gasteiger charge is 2.44. The molecule has 11 heteroatoms. The van der Waals surface area contributed by atoms with Crippen molar-refractivity contribution < 1.29 is 22.0 Å². The lowest BCUT2D eigenvalue weighted by Gasteiger charge is -2.45. The van der Waals surface area contributed by atoms with Crippen LogP contribution in [-0.2, 0) is 15.4 Å². The van der Waals surface area contributed by atoms with Gasteiger partial charge >= 0.3 is 0 Å². The number of carbonyl (C=O) groups excluding carboxylic acids is 1. The molecule has 0 radical (unpaired) electrons. The van der Waals surface area contributed by atoms with E-state index in [2.05, 4.69) is 34.6 Å². The summed E-state index contributed by atoms with van der Waals surface area (Å²) in [6, 6.07) is 19.5. The maximum absolute atomic E-state index is 14.7. The number of primary sulfonamides is 1. The van der Waals surface area contributed by atoms with E-state index >= 15 is 0 Å². The standard InChI is InChI=1S/C35H39F2N5O3S/c1-23-39-32-7-2-3-8-33(32)42(23)28-20-26-9-10-27(21-28)41(26)18-15-35(24-5-4-6-25(36)19-24)13-16-40(17-14-35)34(43)30-22-29(46(38,44)45)11-12-31(30)37/h2-8,11-12,19,22,26-28H,9-10,13-18,20-21H2,1H3,(H2,38,44,45). The van der Waals surface area contributed by atoms with Crippen molar-refractivity contribution in [2.24, 2.45) is 5.14 Å². The van der Waals surface area contributed by atoms with E-state index in [4.69, 9.17) is 10.1 Å². The molecule has 1 amide bonds. The van der Waals surface area contributed by atoms with Gasteiger partial charge in [0.15, 0.2) is 0 Å². The largest absolute Gasteiger partial charge is 0.338 e. The molecule has 0 saturated carbocycles. The number of piperidine rings is 2. The van der Waals surface area contributed by atoms with E-state index in [1.165, 1.54) is 11.6 Å². The number of carbonyl (C=O) groups is 1. The van der Waals surface area contributed by atoms with Gasteiger partial charge in [0.2, 0.25) is 10.0 Å². The van der Waals surface area contributed by atoms with E-state index in [1.807, 2.05) is 12.1 Å². The van der Waals surface area contributed by atoms with Crippen LogP contribution in [0.4, 0.5) is 8.78 Å². The lowest BCUT2D eigenvalue weighted by molar-refractivity contribution is 0.0602. The second-order valence-corrected chi connectivity index (χ2v) is 14.8. The van der Waals surface area contributed by atoms with Crippen LogP contribution < -0.4 is 5.14 Å². The predicted molar refractivity (Wildman–Crippen MR) is 172 cm³/mol. The Morgan fingerprint density at radius 3 is 2.37 bits per heavy atom. The van der Waals surface area contributed by atoms with Crippen LogP contribution in [0.5, 0.6) is 0 Å². The summed E-state index contributed by atoms with van der Waals surface area (Å²) in [6.45, 7) is 3.66. The van der Waals surface area contributed by atoms with E-state index < -0.39 is 21.7 Å². The number of sulfonamides is 1. The van der Waals surface area contributed by atoms with Gasteiger partial charge in [0.1, 0.15) is 17.5 Å². The average molecular weight is 648 g/mol. The Kier molecular flexibility index (Phi) is 7.97. The highest BCUT2D eigenvalue weighted by Crippen LogP contribution is 2.45. The third-order valence-corrected chi connectivity index (χ3v) is 11.7. The molecular weight excluding hydrogens is 608 g/mol. The summed E-state index contributed by atoms with van der Waals surface area (Å²) in [4.78, 5) is 22.2. The van der Waals surface area contributed by atoms with Crippen molar-refractivity contribution >= 4 is 27.0 Å². The molecule has 2 N–H and O–H groups in total. The molecule has 0 spiro atoms. The number of amides is 1. The molecule has 3 aliphatic heterocycles. The zero-order chi connectivity index (χ0) is 32.2. The van der Waals surface area contributed by atoms with Gasteiger partial charge in [-0.15, -0.1) is 0 Å². The SMILES string of the molecule is Cc1nc2ccccc2n1C1CC2CCC(C1)N2CCC1(c2cccc(F)c2)CCN(C(=O)c2cc(S(N)(=O)=O)ccc2F)CC1. The number of imidazole rings is 1. The minimum absolute atomic E-state index is 0.291. The summed E-state index contributed by atoms with van der Waals surface area (Å²) < 4.78 is 55.4. The van der Waals surface area contributed by atoms with E-state index in [-0.39, 0.29) is 21.7 Å². The van der Waals surface area contributed by atoms with Gasteiger partial charge in [-0.1, -0.05) is 24.3 Å². The molecule has 8 nitrogen and oxygen atoms in total. The number of rotatable bonds is 7. The zero-order valence-corrected chi connectivity index (χ0v) is 26.7. The summed E-state index contributed by atoms with van der Waals surface area (Å²) in [5, 5.41) is 5.23. The lowest BCUT2D eigenvalue weighted by atomic mass is 9.70. The smallest absolute Gasteiger partial charge is 0.256 e. The highest BCUT2D eigenvalue weighted by molar-refractivity contribution is 7.89. The fraction of sp³-hybridized carbons (Fsp3) is 0.429. The van der Waals surface area contributed by atoms with Crippen molar-refractivity contribution in [1.82, 2.24) is 19.4 Å². The number of aromatic nitrogens is 2. The summed E-state index contributed by atoms with van der Waals surface area (Å²) in [5.41, 5.74) is 2.49. The Balaban J connectivity index is 1.08. The van der Waals surface area contributed by atoms with Gasteiger partial charge in [0, 0.05) is 31.2 Å². The quantitative estimate of drug-likeness (QED) is 0.277. The predicted octanol–water partition coefficient (Wildman–Crippen LogP) is 5.70. The molecule has 2 bridgehead atoms. The molecule has 7 rings (SSSR count). The molecule has 2 unspecified atom stereocenters. The topological polar surface area (TPSA) is 102 Å². The monoisotopic (exact) mass is 647 g/mol. The Labute approximate surface area is 268 Å². The molecule has 3 saturated heterocycles. The van der Waals surface area contributed by atoms with Crippen LogP contribution in [-0.4, -0.2) is 65.4 Å². The highest BCUT2D eigenvalue weighted by atomic mass is 32.2. The minimum Gasteiger partial charge on any atom is -0.338 e. The normalized spacial score (nSPS) is 23.2. The maximum atomic E-state index is 14.7. The molecule has 1 aromatic heterocycles. The number of nitrogens with zero attached hydrogens (tertiary/aromatic N) is 4. The molecular formula is C35H39F2N5O3S. The van der Waals surface area contributed by atoms with Gasteiger partial charge in [0.25, 0.3) is 5.91 Å². The Morgan fingerprint density at radius 2 is 1.67 bits per heavy atom. The van der Waals surface area contributed by atoms with E-state index in [9.17, 15) is 22.0 Å². The Bertz CT molecular complexity index is 1890. The number of hydrogen-bond acceptors (Lipinski definition) is 5. The summed E-state index contributed by atoms with van der Waals surface area (Å²) >= 11 is 0. The van der Waals surface area contributed by atoms with Crippen LogP contribution >= 0.6 is 0 Å². The van der Waals surface area contributed by atoms with Gasteiger partial charge in [-0.2, -0.15) is 0 Å².